The highest BCUT2D eigenvalue weighted by atomic mass is 15.3. The Morgan fingerprint density at radius 3 is 2.72 bits per heavy atom. The number of hydrogen-bond donors (Lipinski definition) is 1. The van der Waals surface area contributed by atoms with Crippen molar-refractivity contribution in [3.05, 3.63) is 41.7 Å². The molecule has 2 rings (SSSR count). The van der Waals surface area contributed by atoms with Gasteiger partial charge in [-0.2, -0.15) is 5.10 Å². The lowest BCUT2D eigenvalue weighted by Gasteiger charge is -2.09. The van der Waals surface area contributed by atoms with Crippen LogP contribution in [0.15, 0.2) is 30.5 Å². The van der Waals surface area contributed by atoms with Crippen molar-refractivity contribution >= 4 is 0 Å². The van der Waals surface area contributed by atoms with Crippen molar-refractivity contribution in [1.29, 1.82) is 0 Å². The first kappa shape index (κ1) is 12.8. The van der Waals surface area contributed by atoms with E-state index in [9.17, 15) is 0 Å². The van der Waals surface area contributed by atoms with Crippen LogP contribution in [0, 0.1) is 6.92 Å². The molecule has 0 radical (unpaired) electrons. The highest BCUT2D eigenvalue weighted by molar-refractivity contribution is 5.68. The van der Waals surface area contributed by atoms with E-state index in [0.717, 1.165) is 19.5 Å². The van der Waals surface area contributed by atoms with E-state index < -0.39 is 0 Å². The molecule has 96 valence electrons. The Morgan fingerprint density at radius 1 is 1.22 bits per heavy atom. The molecule has 18 heavy (non-hydrogen) atoms. The zero-order chi connectivity index (χ0) is 13.0. The van der Waals surface area contributed by atoms with Gasteiger partial charge < -0.3 is 5.32 Å². The van der Waals surface area contributed by atoms with Crippen LogP contribution in [-0.2, 0) is 13.1 Å². The Bertz CT molecular complexity index is 514. The summed E-state index contributed by atoms with van der Waals surface area (Å²) in [4.78, 5) is 0. The van der Waals surface area contributed by atoms with Crippen molar-refractivity contribution in [2.24, 2.45) is 0 Å². The van der Waals surface area contributed by atoms with Gasteiger partial charge in [-0.15, -0.1) is 0 Å². The van der Waals surface area contributed by atoms with Crippen LogP contribution in [-0.4, -0.2) is 16.8 Å². The predicted molar refractivity (Wildman–Crippen MR) is 75.5 cm³/mol. The maximum absolute atomic E-state index is 4.48. The number of aromatic nitrogens is 2. The first-order valence-electron chi connectivity index (χ1n) is 6.53. The average molecular weight is 243 g/mol. The molecule has 0 spiro atoms. The van der Waals surface area contributed by atoms with Crippen LogP contribution in [0.4, 0.5) is 0 Å². The molecule has 0 aliphatic carbocycles. The lowest BCUT2D eigenvalue weighted by atomic mass is 10.0. The summed E-state index contributed by atoms with van der Waals surface area (Å²) in [7, 11) is 1.98. The number of aryl methyl sites for hydroxylation is 1. The second kappa shape index (κ2) is 5.83. The summed E-state index contributed by atoms with van der Waals surface area (Å²) in [6.07, 6.45) is 3.10. The largest absolute Gasteiger partial charge is 0.316 e. The monoisotopic (exact) mass is 243 g/mol. The van der Waals surface area contributed by atoms with Crippen LogP contribution in [0.5, 0.6) is 0 Å². The fraction of sp³-hybridized carbons (Fsp3) is 0.400. The molecule has 3 heteroatoms. The van der Waals surface area contributed by atoms with E-state index in [0.29, 0.717) is 0 Å². The van der Waals surface area contributed by atoms with Crippen LogP contribution in [0.1, 0.15) is 24.6 Å². The van der Waals surface area contributed by atoms with E-state index in [1.54, 1.807) is 0 Å². The number of nitrogens with one attached hydrogen (secondary N) is 1. The molecule has 0 saturated heterocycles. The van der Waals surface area contributed by atoms with Gasteiger partial charge in [-0.3, -0.25) is 4.68 Å². The Labute approximate surface area is 109 Å². The summed E-state index contributed by atoms with van der Waals surface area (Å²) in [5.74, 6) is 0. The summed E-state index contributed by atoms with van der Waals surface area (Å²) in [5.41, 5.74) is 5.10. The van der Waals surface area contributed by atoms with E-state index >= 15 is 0 Å². The van der Waals surface area contributed by atoms with Crippen molar-refractivity contribution in [3.8, 4) is 11.1 Å². The van der Waals surface area contributed by atoms with Gasteiger partial charge in [0.25, 0.3) is 0 Å². The third-order valence-corrected chi connectivity index (χ3v) is 3.21. The zero-order valence-corrected chi connectivity index (χ0v) is 11.4. The zero-order valence-electron chi connectivity index (χ0n) is 11.4. The summed E-state index contributed by atoms with van der Waals surface area (Å²) in [6, 6.07) is 8.52. The van der Waals surface area contributed by atoms with Crippen LogP contribution in [0.25, 0.3) is 11.1 Å². The molecule has 0 aliphatic rings. The second-order valence-corrected chi connectivity index (χ2v) is 4.55. The predicted octanol–water partition coefficient (Wildman–Crippen LogP) is 2.99. The Hall–Kier alpha value is -1.61. The van der Waals surface area contributed by atoms with Gasteiger partial charge in [0.15, 0.2) is 0 Å². The Morgan fingerprint density at radius 2 is 2.00 bits per heavy atom. The molecule has 0 bridgehead atoms. The summed E-state index contributed by atoms with van der Waals surface area (Å²) in [6.45, 7) is 6.19. The lowest BCUT2D eigenvalue weighted by Crippen LogP contribution is -2.06. The van der Waals surface area contributed by atoms with Gasteiger partial charge >= 0.3 is 0 Å². The number of nitrogens with zero attached hydrogens (tertiary/aromatic N) is 2. The normalized spacial score (nSPS) is 10.8. The van der Waals surface area contributed by atoms with E-state index in [4.69, 9.17) is 0 Å². The molecule has 2 aromatic rings. The van der Waals surface area contributed by atoms with E-state index in [1.807, 2.05) is 13.2 Å². The topological polar surface area (TPSA) is 29.9 Å². The van der Waals surface area contributed by atoms with Crippen LogP contribution >= 0.6 is 0 Å². The first-order chi connectivity index (χ1) is 8.77. The van der Waals surface area contributed by atoms with Gasteiger partial charge in [0.2, 0.25) is 0 Å². The molecule has 0 amide bonds. The van der Waals surface area contributed by atoms with Crippen LogP contribution < -0.4 is 5.32 Å². The average Bonchev–Trinajstić information content (AvgIpc) is 2.73. The summed E-state index contributed by atoms with van der Waals surface area (Å²) < 4.78 is 2.09. The molecule has 3 nitrogen and oxygen atoms in total. The van der Waals surface area contributed by atoms with Crippen molar-refractivity contribution in [2.75, 3.05) is 7.05 Å². The number of benzene rings is 1. The molecule has 1 heterocycles. The first-order valence-corrected chi connectivity index (χ1v) is 6.53. The maximum atomic E-state index is 4.48. The molecule has 1 aromatic heterocycles. The number of hydrogen-bond acceptors (Lipinski definition) is 2. The molecular weight excluding hydrogens is 222 g/mol. The van der Waals surface area contributed by atoms with Crippen molar-refractivity contribution in [2.45, 2.75) is 33.4 Å². The van der Waals surface area contributed by atoms with Gasteiger partial charge in [-0.25, -0.2) is 0 Å². The quantitative estimate of drug-likeness (QED) is 0.875. The molecule has 1 aromatic carbocycles. The van der Waals surface area contributed by atoms with E-state index in [-0.39, 0.29) is 0 Å². The molecule has 0 aliphatic heterocycles. The second-order valence-electron chi connectivity index (χ2n) is 4.55. The van der Waals surface area contributed by atoms with Crippen molar-refractivity contribution in [3.63, 3.8) is 0 Å². The number of rotatable bonds is 5. The maximum Gasteiger partial charge on any atom is 0.0571 e. The van der Waals surface area contributed by atoms with Gasteiger partial charge in [0, 0.05) is 24.3 Å². The minimum absolute atomic E-state index is 0.884. The molecule has 0 saturated carbocycles. The van der Waals surface area contributed by atoms with Gasteiger partial charge in [-0.1, -0.05) is 31.2 Å². The third kappa shape index (κ3) is 2.46. The van der Waals surface area contributed by atoms with E-state index in [1.165, 1.54) is 22.4 Å². The summed E-state index contributed by atoms with van der Waals surface area (Å²) in [5, 5.41) is 7.70. The third-order valence-electron chi connectivity index (χ3n) is 3.21. The smallest absolute Gasteiger partial charge is 0.0571 e. The fourth-order valence-electron chi connectivity index (χ4n) is 2.28. The minimum atomic E-state index is 0.884. The standard InChI is InChI=1S/C15H21N3/c1-4-9-18-12(2)15(11-17-18)14-8-6-5-7-13(14)10-16-3/h5-8,11,16H,4,9-10H2,1-3H3. The molecule has 0 atom stereocenters. The summed E-state index contributed by atoms with van der Waals surface area (Å²) >= 11 is 0. The van der Waals surface area contributed by atoms with Gasteiger partial charge in [0.05, 0.1) is 6.20 Å². The SMILES string of the molecule is CCCn1ncc(-c2ccccc2CNC)c1C. The fourth-order valence-corrected chi connectivity index (χ4v) is 2.28. The molecular formula is C15H21N3. The molecule has 0 unspecified atom stereocenters. The van der Waals surface area contributed by atoms with Gasteiger partial charge in [0.1, 0.15) is 0 Å². The van der Waals surface area contributed by atoms with Crippen LogP contribution in [0.2, 0.25) is 0 Å². The molecule has 1 N–H and O–H groups in total. The highest BCUT2D eigenvalue weighted by Gasteiger charge is 2.10. The Balaban J connectivity index is 2.42. The molecule has 0 fully saturated rings. The highest BCUT2D eigenvalue weighted by Crippen LogP contribution is 2.26. The van der Waals surface area contributed by atoms with E-state index in [2.05, 4.69) is 53.2 Å². The van der Waals surface area contributed by atoms with Crippen LogP contribution in [0.3, 0.4) is 0 Å². The Kier molecular flexibility index (Phi) is 4.15. The van der Waals surface area contributed by atoms with Crippen molar-refractivity contribution in [1.82, 2.24) is 15.1 Å². The lowest BCUT2D eigenvalue weighted by molar-refractivity contribution is 0.587. The van der Waals surface area contributed by atoms with Crippen molar-refractivity contribution < 1.29 is 0 Å². The minimum Gasteiger partial charge on any atom is -0.316 e. The van der Waals surface area contributed by atoms with Gasteiger partial charge in [-0.05, 0) is 31.5 Å².